The number of benzene rings is 1. The summed E-state index contributed by atoms with van der Waals surface area (Å²) in [5.74, 6) is 0.682. The fraction of sp³-hybridized carbons (Fsp3) is 0.640. The summed E-state index contributed by atoms with van der Waals surface area (Å²) in [7, 11) is 0. The Bertz CT molecular complexity index is 930. The van der Waals surface area contributed by atoms with Crippen LogP contribution in [0.25, 0.3) is 10.1 Å². The Morgan fingerprint density at radius 1 is 1.35 bits per heavy atom. The van der Waals surface area contributed by atoms with Crippen molar-refractivity contribution in [2.75, 3.05) is 26.3 Å². The number of carbonyl (C=O) groups is 1. The van der Waals surface area contributed by atoms with Crippen molar-refractivity contribution in [2.24, 2.45) is 11.3 Å². The molecule has 6 heteroatoms. The number of thiophene rings is 1. The van der Waals surface area contributed by atoms with Gasteiger partial charge in [-0.2, -0.15) is 0 Å². The molecule has 2 aromatic rings. The second-order valence-corrected chi connectivity index (χ2v) is 11.4. The molecule has 4 rings (SSSR count). The Morgan fingerprint density at radius 2 is 2.10 bits per heavy atom. The number of hydrogen-bond acceptors (Lipinski definition) is 4. The van der Waals surface area contributed by atoms with Crippen LogP contribution in [0.5, 0.6) is 0 Å². The highest BCUT2D eigenvalue weighted by atomic mass is 32.1. The fourth-order valence-corrected chi connectivity index (χ4v) is 6.42. The predicted octanol–water partition coefficient (Wildman–Crippen LogP) is 6.59. The average molecular weight is 448 g/mol. The lowest BCUT2D eigenvalue weighted by molar-refractivity contribution is 0.0222. The van der Waals surface area contributed by atoms with E-state index in [0.29, 0.717) is 19.0 Å². The molecule has 4 nitrogen and oxygen atoms in total. The average Bonchev–Trinajstić information content (AvgIpc) is 3.33. The summed E-state index contributed by atoms with van der Waals surface area (Å²) < 4.78 is 26.3. The van der Waals surface area contributed by atoms with E-state index in [1.807, 2.05) is 31.7 Å². The number of carbonyl (C=O) groups excluding carboxylic acids is 1. The number of likely N-dealkylation sites (tertiary alicyclic amines) is 1. The molecule has 1 aromatic carbocycles. The number of nitrogens with zero attached hydrogens (tertiary/aromatic N) is 1. The molecule has 31 heavy (non-hydrogen) atoms. The molecule has 170 valence electrons. The van der Waals surface area contributed by atoms with Gasteiger partial charge in [0.05, 0.1) is 4.70 Å². The number of hydrogen-bond donors (Lipinski definition) is 0. The lowest BCUT2D eigenvalue weighted by Gasteiger charge is -2.39. The molecular weight excluding hydrogens is 413 g/mol. The van der Waals surface area contributed by atoms with Crippen LogP contribution < -0.4 is 0 Å². The largest absolute Gasteiger partial charge is 0.444 e. The topological polar surface area (TPSA) is 38.8 Å². The monoisotopic (exact) mass is 447 g/mol. The van der Waals surface area contributed by atoms with E-state index in [4.69, 9.17) is 9.47 Å². The van der Waals surface area contributed by atoms with E-state index in [0.717, 1.165) is 49.0 Å². The van der Waals surface area contributed by atoms with Crippen molar-refractivity contribution in [3.63, 3.8) is 0 Å². The van der Waals surface area contributed by atoms with Crippen LogP contribution in [0, 0.1) is 17.2 Å². The molecule has 2 atom stereocenters. The highest BCUT2D eigenvalue weighted by molar-refractivity contribution is 7.19. The third-order valence-electron chi connectivity index (χ3n) is 6.93. The number of fused-ring (bicyclic) bond motifs is 1. The molecule has 2 aliphatic rings. The third kappa shape index (κ3) is 4.90. The second-order valence-electron chi connectivity index (χ2n) is 10.3. The highest BCUT2D eigenvalue weighted by Crippen LogP contribution is 2.51. The van der Waals surface area contributed by atoms with Gasteiger partial charge in [-0.15, -0.1) is 11.3 Å². The molecule has 0 bridgehead atoms. The predicted molar refractivity (Wildman–Crippen MR) is 123 cm³/mol. The first kappa shape index (κ1) is 22.5. The van der Waals surface area contributed by atoms with Crippen LogP contribution in [0.2, 0.25) is 0 Å². The van der Waals surface area contributed by atoms with Gasteiger partial charge >= 0.3 is 6.09 Å². The van der Waals surface area contributed by atoms with Gasteiger partial charge < -0.3 is 14.4 Å². The molecule has 0 N–H and O–H groups in total. The van der Waals surface area contributed by atoms with Crippen LogP contribution in [0.3, 0.4) is 0 Å². The van der Waals surface area contributed by atoms with Gasteiger partial charge in [0.25, 0.3) is 0 Å². The van der Waals surface area contributed by atoms with Gasteiger partial charge in [0.2, 0.25) is 0 Å². The van der Waals surface area contributed by atoms with Gasteiger partial charge in [-0.1, -0.05) is 19.1 Å². The van der Waals surface area contributed by atoms with Gasteiger partial charge in [0, 0.05) is 31.2 Å². The van der Waals surface area contributed by atoms with Crippen molar-refractivity contribution in [3.05, 3.63) is 35.0 Å². The summed E-state index contributed by atoms with van der Waals surface area (Å²) in [5.41, 5.74) is -0.534. The maximum atomic E-state index is 14.4. The van der Waals surface area contributed by atoms with Crippen molar-refractivity contribution in [1.82, 2.24) is 4.90 Å². The summed E-state index contributed by atoms with van der Waals surface area (Å²) in [4.78, 5) is 15.9. The lowest BCUT2D eigenvalue weighted by atomic mass is 9.68. The molecule has 0 aliphatic carbocycles. The Balaban J connectivity index is 1.62. The summed E-state index contributed by atoms with van der Waals surface area (Å²) in [6, 6.07) is 7.44. The number of ether oxygens (including phenoxy) is 2. The third-order valence-corrected chi connectivity index (χ3v) is 8.28. The number of amides is 1. The molecule has 3 heterocycles. The maximum Gasteiger partial charge on any atom is 0.410 e. The Labute approximate surface area is 188 Å². The van der Waals surface area contributed by atoms with Gasteiger partial charge in [0.1, 0.15) is 11.4 Å². The summed E-state index contributed by atoms with van der Waals surface area (Å²) in [5, 5.41) is 0.968. The van der Waals surface area contributed by atoms with E-state index >= 15 is 0 Å². The molecule has 0 radical (unpaired) electrons. The molecule has 2 fully saturated rings. The van der Waals surface area contributed by atoms with Gasteiger partial charge in [-0.25, -0.2) is 9.18 Å². The van der Waals surface area contributed by atoms with Crippen LogP contribution in [0.4, 0.5) is 9.18 Å². The van der Waals surface area contributed by atoms with E-state index in [1.54, 1.807) is 17.4 Å². The van der Waals surface area contributed by atoms with Crippen LogP contribution in [0.15, 0.2) is 24.3 Å². The molecule has 0 spiro atoms. The van der Waals surface area contributed by atoms with Crippen molar-refractivity contribution in [3.8, 4) is 0 Å². The molecule has 1 aromatic heterocycles. The van der Waals surface area contributed by atoms with Crippen LogP contribution in [-0.2, 0) is 9.47 Å². The molecular formula is C25H34FNO3S. The zero-order chi connectivity index (χ0) is 22.2. The minimum absolute atomic E-state index is 0.0315. The summed E-state index contributed by atoms with van der Waals surface area (Å²) in [6.07, 6.45) is 3.93. The van der Waals surface area contributed by atoms with Crippen LogP contribution in [-0.4, -0.2) is 42.9 Å². The van der Waals surface area contributed by atoms with Crippen LogP contribution in [0.1, 0.15) is 64.2 Å². The fourth-order valence-electron chi connectivity index (χ4n) is 5.16. The standard InChI is InChI=1S/C25H34FNO3S/c1-17(21-14-19-6-5-7-20(26)22(19)31-21)25(15-18-8-12-29-13-9-18)10-11-27(16-25)23(28)30-24(2,3)4/h5-7,14,17-18H,8-13,15-16H2,1-4H3. The van der Waals surface area contributed by atoms with E-state index in [9.17, 15) is 9.18 Å². The maximum absolute atomic E-state index is 14.4. The smallest absolute Gasteiger partial charge is 0.410 e. The quantitative estimate of drug-likeness (QED) is 0.531. The van der Waals surface area contributed by atoms with Crippen molar-refractivity contribution < 1.29 is 18.7 Å². The van der Waals surface area contributed by atoms with Gasteiger partial charge in [-0.3, -0.25) is 0 Å². The van der Waals surface area contributed by atoms with E-state index < -0.39 is 5.60 Å². The highest BCUT2D eigenvalue weighted by Gasteiger charge is 2.47. The SMILES string of the molecule is CC(c1cc2cccc(F)c2s1)C1(CC2CCOCC2)CCN(C(=O)OC(C)(C)C)C1. The zero-order valence-electron chi connectivity index (χ0n) is 19.1. The minimum Gasteiger partial charge on any atom is -0.444 e. The minimum atomic E-state index is -0.502. The molecule has 1 amide bonds. The first-order chi connectivity index (χ1) is 14.7. The van der Waals surface area contributed by atoms with Crippen molar-refractivity contribution >= 4 is 27.5 Å². The Hall–Kier alpha value is -1.66. The molecule has 2 unspecified atom stereocenters. The number of halogens is 1. The van der Waals surface area contributed by atoms with E-state index in [2.05, 4.69) is 13.0 Å². The van der Waals surface area contributed by atoms with Gasteiger partial charge in [0.15, 0.2) is 0 Å². The Morgan fingerprint density at radius 3 is 2.77 bits per heavy atom. The molecule has 0 saturated carbocycles. The molecule has 2 saturated heterocycles. The van der Waals surface area contributed by atoms with Crippen molar-refractivity contribution in [1.29, 1.82) is 0 Å². The first-order valence-corrected chi connectivity index (χ1v) is 12.2. The molecule has 2 aliphatic heterocycles. The zero-order valence-corrected chi connectivity index (χ0v) is 19.9. The normalized spacial score (nSPS) is 24.0. The summed E-state index contributed by atoms with van der Waals surface area (Å²) >= 11 is 1.56. The Kier molecular flexibility index (Phi) is 6.32. The lowest BCUT2D eigenvalue weighted by Crippen LogP contribution is -2.39. The van der Waals surface area contributed by atoms with Crippen LogP contribution >= 0.6 is 11.3 Å². The van der Waals surface area contributed by atoms with Crippen molar-refractivity contribution in [2.45, 2.75) is 64.9 Å². The number of rotatable bonds is 4. The second kappa shape index (κ2) is 8.70. The summed E-state index contributed by atoms with van der Waals surface area (Å²) in [6.45, 7) is 11.0. The van der Waals surface area contributed by atoms with E-state index in [1.165, 1.54) is 10.9 Å². The first-order valence-electron chi connectivity index (χ1n) is 11.4. The van der Waals surface area contributed by atoms with Gasteiger partial charge in [-0.05, 0) is 81.2 Å². The van der Waals surface area contributed by atoms with E-state index in [-0.39, 0.29) is 23.2 Å².